The Labute approximate surface area is 294 Å². The number of allylic oxidation sites excluding steroid dienone is 4. The van der Waals surface area contributed by atoms with E-state index in [0.717, 1.165) is 39.0 Å². The van der Waals surface area contributed by atoms with Gasteiger partial charge in [0.2, 0.25) is 5.91 Å². The summed E-state index contributed by atoms with van der Waals surface area (Å²) in [7, 11) is 0. The molecule has 1 rings (SSSR count). The molecule has 1 aliphatic rings. The Morgan fingerprint density at radius 2 is 0.957 bits per heavy atom. The first kappa shape index (κ1) is 43.9. The van der Waals surface area contributed by atoms with Gasteiger partial charge in [-0.1, -0.05) is 154 Å². The molecule has 1 saturated heterocycles. The molecule has 0 aromatic carbocycles. The lowest BCUT2D eigenvalue weighted by molar-refractivity contribution is -0.130. The minimum absolute atomic E-state index is 0.00860. The van der Waals surface area contributed by atoms with Crippen LogP contribution in [0, 0.1) is 0 Å². The van der Waals surface area contributed by atoms with Gasteiger partial charge in [0.1, 0.15) is 0 Å². The van der Waals surface area contributed by atoms with Crippen molar-refractivity contribution in [3.8, 4) is 0 Å². The van der Waals surface area contributed by atoms with E-state index in [1.54, 1.807) is 0 Å². The van der Waals surface area contributed by atoms with Gasteiger partial charge in [0.15, 0.2) is 0 Å². The molecule has 276 valence electrons. The SMILES string of the molecule is CCCCCCCC/C=C\CCCCCCCCOCC(CN1CCCC1=O)OCCCCCCCC/C=C\CCCCCCCC. The van der Waals surface area contributed by atoms with E-state index >= 15 is 0 Å². The summed E-state index contributed by atoms with van der Waals surface area (Å²) in [6.45, 7) is 8.34. The van der Waals surface area contributed by atoms with Gasteiger partial charge in [-0.15, -0.1) is 0 Å². The zero-order chi connectivity index (χ0) is 33.7. The summed E-state index contributed by atoms with van der Waals surface area (Å²) in [6, 6.07) is 0. The summed E-state index contributed by atoms with van der Waals surface area (Å²) in [6.07, 6.45) is 48.3. The van der Waals surface area contributed by atoms with Crippen molar-refractivity contribution in [1.29, 1.82) is 0 Å². The highest BCUT2D eigenvalue weighted by atomic mass is 16.5. The molecule has 0 radical (unpaired) electrons. The zero-order valence-electron chi connectivity index (χ0n) is 31.8. The predicted molar refractivity (Wildman–Crippen MR) is 205 cm³/mol. The minimum Gasteiger partial charge on any atom is -0.379 e. The Hall–Kier alpha value is -1.13. The van der Waals surface area contributed by atoms with Gasteiger partial charge in [0, 0.05) is 32.7 Å². The van der Waals surface area contributed by atoms with Crippen molar-refractivity contribution in [2.24, 2.45) is 0 Å². The van der Waals surface area contributed by atoms with Gasteiger partial charge in [0.05, 0.1) is 12.7 Å². The summed E-state index contributed by atoms with van der Waals surface area (Å²) >= 11 is 0. The van der Waals surface area contributed by atoms with Crippen LogP contribution in [0.3, 0.4) is 0 Å². The standard InChI is InChI=1S/C43H81NO3/c1-3-5-7-9-11-13-15-17-19-21-23-25-27-29-31-33-38-46-41-42(40-44-37-35-36-43(44)45)47-39-34-32-30-28-26-24-22-20-18-16-14-12-10-8-6-4-2/h17-20,42H,3-16,21-41H2,1-2H3/b19-17-,20-18-. The molecule has 1 atom stereocenters. The molecule has 4 nitrogen and oxygen atoms in total. The second-order valence-electron chi connectivity index (χ2n) is 14.4. The van der Waals surface area contributed by atoms with E-state index in [-0.39, 0.29) is 12.0 Å². The lowest BCUT2D eigenvalue weighted by Crippen LogP contribution is -2.37. The van der Waals surface area contributed by atoms with Crippen molar-refractivity contribution >= 4 is 5.91 Å². The Bertz CT molecular complexity index is 705. The summed E-state index contributed by atoms with van der Waals surface area (Å²) in [5, 5.41) is 0. The topological polar surface area (TPSA) is 38.8 Å². The summed E-state index contributed by atoms with van der Waals surface area (Å²) < 4.78 is 12.3. The maximum Gasteiger partial charge on any atom is 0.222 e. The highest BCUT2D eigenvalue weighted by Crippen LogP contribution is 2.14. The molecule has 0 aromatic rings. The van der Waals surface area contributed by atoms with Crippen LogP contribution in [-0.4, -0.2) is 49.8 Å². The molecule has 0 aromatic heterocycles. The summed E-state index contributed by atoms with van der Waals surface area (Å²) in [5.74, 6) is 0.282. The Balaban J connectivity index is 1.99. The fraction of sp³-hybridized carbons (Fsp3) is 0.884. The quantitative estimate of drug-likeness (QED) is 0.0492. The Morgan fingerprint density at radius 3 is 1.38 bits per heavy atom. The molecule has 0 N–H and O–H groups in total. The normalized spacial score (nSPS) is 14.4. The average Bonchev–Trinajstić information content (AvgIpc) is 3.48. The van der Waals surface area contributed by atoms with Gasteiger partial charge in [-0.05, 0) is 70.6 Å². The van der Waals surface area contributed by atoms with Gasteiger partial charge >= 0.3 is 0 Å². The highest BCUT2D eigenvalue weighted by Gasteiger charge is 2.24. The maximum absolute atomic E-state index is 12.2. The van der Waals surface area contributed by atoms with Crippen LogP contribution < -0.4 is 0 Å². The van der Waals surface area contributed by atoms with E-state index in [4.69, 9.17) is 9.47 Å². The van der Waals surface area contributed by atoms with Crippen LogP contribution in [0.4, 0.5) is 0 Å². The van der Waals surface area contributed by atoms with E-state index in [2.05, 4.69) is 38.2 Å². The van der Waals surface area contributed by atoms with E-state index in [1.165, 1.54) is 167 Å². The molecular formula is C43H81NO3. The molecule has 1 heterocycles. The summed E-state index contributed by atoms with van der Waals surface area (Å²) in [4.78, 5) is 14.2. The lowest BCUT2D eigenvalue weighted by Gasteiger charge is -2.24. The smallest absolute Gasteiger partial charge is 0.222 e. The molecule has 1 fully saturated rings. The third kappa shape index (κ3) is 30.7. The number of unbranched alkanes of at least 4 members (excludes halogenated alkanes) is 24. The molecular weight excluding hydrogens is 578 g/mol. The average molecular weight is 660 g/mol. The Morgan fingerprint density at radius 1 is 0.553 bits per heavy atom. The van der Waals surface area contributed by atoms with Crippen molar-refractivity contribution in [3.63, 3.8) is 0 Å². The molecule has 1 unspecified atom stereocenters. The monoisotopic (exact) mass is 660 g/mol. The number of likely N-dealkylation sites (tertiary alicyclic amines) is 1. The van der Waals surface area contributed by atoms with E-state index < -0.39 is 0 Å². The first-order valence-electron chi connectivity index (χ1n) is 21.0. The van der Waals surface area contributed by atoms with Gasteiger partial charge in [-0.25, -0.2) is 0 Å². The van der Waals surface area contributed by atoms with Crippen LogP contribution in [0.2, 0.25) is 0 Å². The number of amides is 1. The number of hydrogen-bond donors (Lipinski definition) is 0. The van der Waals surface area contributed by atoms with E-state index in [9.17, 15) is 4.79 Å². The van der Waals surface area contributed by atoms with Crippen molar-refractivity contribution in [1.82, 2.24) is 4.90 Å². The number of nitrogens with zero attached hydrogens (tertiary/aromatic N) is 1. The molecule has 0 aliphatic carbocycles. The van der Waals surface area contributed by atoms with Crippen molar-refractivity contribution in [2.75, 3.05) is 32.9 Å². The molecule has 1 aliphatic heterocycles. The highest BCUT2D eigenvalue weighted by molar-refractivity contribution is 5.78. The van der Waals surface area contributed by atoms with Crippen molar-refractivity contribution in [2.45, 2.75) is 213 Å². The molecule has 47 heavy (non-hydrogen) atoms. The van der Waals surface area contributed by atoms with Gasteiger partial charge in [0.25, 0.3) is 0 Å². The van der Waals surface area contributed by atoms with Crippen LogP contribution >= 0.6 is 0 Å². The Kier molecular flexibility index (Phi) is 33.8. The maximum atomic E-state index is 12.2. The molecule has 1 amide bonds. The fourth-order valence-electron chi connectivity index (χ4n) is 6.56. The van der Waals surface area contributed by atoms with Crippen LogP contribution in [0.25, 0.3) is 0 Å². The third-order valence-electron chi connectivity index (χ3n) is 9.71. The van der Waals surface area contributed by atoms with E-state index in [0.29, 0.717) is 19.6 Å². The van der Waals surface area contributed by atoms with Crippen LogP contribution in [-0.2, 0) is 14.3 Å². The molecule has 4 heteroatoms. The number of rotatable bonds is 37. The largest absolute Gasteiger partial charge is 0.379 e. The van der Waals surface area contributed by atoms with Crippen LogP contribution in [0.5, 0.6) is 0 Å². The van der Waals surface area contributed by atoms with E-state index in [1.807, 2.05) is 4.90 Å². The van der Waals surface area contributed by atoms with Crippen molar-refractivity contribution in [3.05, 3.63) is 24.3 Å². The van der Waals surface area contributed by atoms with Crippen molar-refractivity contribution < 1.29 is 14.3 Å². The van der Waals surface area contributed by atoms with Crippen LogP contribution in [0.15, 0.2) is 24.3 Å². The van der Waals surface area contributed by atoms with Gasteiger partial charge in [-0.3, -0.25) is 4.79 Å². The van der Waals surface area contributed by atoms with Gasteiger partial charge in [-0.2, -0.15) is 0 Å². The molecule has 0 spiro atoms. The first-order valence-corrected chi connectivity index (χ1v) is 21.0. The number of carbonyl (C=O) groups excluding carboxylic acids is 1. The zero-order valence-corrected chi connectivity index (χ0v) is 31.8. The number of ether oxygens (including phenoxy) is 2. The van der Waals surface area contributed by atoms with Gasteiger partial charge < -0.3 is 14.4 Å². The fourth-order valence-corrected chi connectivity index (χ4v) is 6.56. The second kappa shape index (κ2) is 36.2. The number of carbonyl (C=O) groups is 1. The predicted octanol–water partition coefficient (Wildman–Crippen LogP) is 13.1. The lowest BCUT2D eigenvalue weighted by atomic mass is 10.1. The first-order chi connectivity index (χ1) is 23.3. The third-order valence-corrected chi connectivity index (χ3v) is 9.71. The number of hydrogen-bond acceptors (Lipinski definition) is 3. The second-order valence-corrected chi connectivity index (χ2v) is 14.4. The summed E-state index contributed by atoms with van der Waals surface area (Å²) in [5.41, 5.74) is 0. The molecule has 0 bridgehead atoms. The molecule has 0 saturated carbocycles. The van der Waals surface area contributed by atoms with Crippen LogP contribution in [0.1, 0.15) is 206 Å². The minimum atomic E-state index is 0.00860.